The lowest BCUT2D eigenvalue weighted by Crippen LogP contribution is -2.37. The summed E-state index contributed by atoms with van der Waals surface area (Å²) in [5, 5.41) is 0. The summed E-state index contributed by atoms with van der Waals surface area (Å²) in [5.41, 5.74) is 6.29. The number of hydrogen-bond donors (Lipinski definition) is 2. The zero-order chi connectivity index (χ0) is 39.2. The van der Waals surface area contributed by atoms with E-state index in [9.17, 15) is 35.9 Å². The quantitative estimate of drug-likeness (QED) is 0.200. The van der Waals surface area contributed by atoms with E-state index in [2.05, 4.69) is 9.97 Å². The van der Waals surface area contributed by atoms with Gasteiger partial charge in [0.25, 0.3) is 11.8 Å². The van der Waals surface area contributed by atoms with Crippen LogP contribution in [0.15, 0.2) is 36.4 Å². The lowest BCUT2D eigenvalue weighted by molar-refractivity contribution is -0.143. The number of nitrogens with one attached hydrogen (secondary N) is 2. The van der Waals surface area contributed by atoms with Crippen LogP contribution in [-0.4, -0.2) is 49.8 Å². The minimum atomic E-state index is -4.99. The van der Waals surface area contributed by atoms with E-state index < -0.39 is 48.0 Å². The van der Waals surface area contributed by atoms with Crippen LogP contribution in [0.3, 0.4) is 0 Å². The number of halogens is 6. The first-order valence-corrected chi connectivity index (χ1v) is 17.5. The van der Waals surface area contributed by atoms with Gasteiger partial charge >= 0.3 is 12.4 Å². The normalized spacial score (nSPS) is 17.5. The van der Waals surface area contributed by atoms with Crippen molar-refractivity contribution in [2.24, 2.45) is 0 Å². The fourth-order valence-corrected chi connectivity index (χ4v) is 7.66. The summed E-state index contributed by atoms with van der Waals surface area (Å²) >= 11 is 0. The highest BCUT2D eigenvalue weighted by Crippen LogP contribution is 2.41. The van der Waals surface area contributed by atoms with Crippen LogP contribution in [0, 0.1) is 6.92 Å². The second-order valence-corrected chi connectivity index (χ2v) is 14.2. The van der Waals surface area contributed by atoms with Gasteiger partial charge in [0, 0.05) is 35.4 Å². The number of fused-ring (bicyclic) bond motifs is 8. The lowest BCUT2D eigenvalue weighted by Gasteiger charge is -2.21. The largest absolute Gasteiger partial charge is 0.416 e. The summed E-state index contributed by atoms with van der Waals surface area (Å²) in [5.74, 6) is -0.917. The predicted octanol–water partition coefficient (Wildman–Crippen LogP) is 9.83. The molecule has 0 spiro atoms. The van der Waals surface area contributed by atoms with Crippen LogP contribution in [0.1, 0.15) is 124 Å². The van der Waals surface area contributed by atoms with Gasteiger partial charge in [-0.2, -0.15) is 26.3 Å². The maximum atomic E-state index is 13.7. The zero-order valence-corrected chi connectivity index (χ0v) is 30.6. The van der Waals surface area contributed by atoms with E-state index in [1.807, 2.05) is 52.8 Å². The summed E-state index contributed by atoms with van der Waals surface area (Å²) in [4.78, 5) is 45.1. The molecule has 2 atom stereocenters. The first-order chi connectivity index (χ1) is 25.3. The van der Waals surface area contributed by atoms with E-state index in [4.69, 9.17) is 14.7 Å². The van der Waals surface area contributed by atoms with Crippen molar-refractivity contribution in [3.8, 4) is 0 Å². The highest BCUT2D eigenvalue weighted by Gasteiger charge is 2.38. The summed E-state index contributed by atoms with van der Waals surface area (Å²) in [7, 11) is 1.47. The van der Waals surface area contributed by atoms with E-state index in [0.29, 0.717) is 92.3 Å². The molecule has 2 aromatic heterocycles. The van der Waals surface area contributed by atoms with Crippen molar-refractivity contribution in [1.82, 2.24) is 24.8 Å². The predicted molar refractivity (Wildman–Crippen MR) is 192 cm³/mol. The molecule has 3 aromatic rings. The molecular formula is C40H37F6N5O3. The summed E-state index contributed by atoms with van der Waals surface area (Å²) < 4.78 is 87.6. The topological polar surface area (TPSA) is 104 Å². The van der Waals surface area contributed by atoms with Gasteiger partial charge in [0.2, 0.25) is 0 Å². The van der Waals surface area contributed by atoms with Gasteiger partial charge in [-0.15, -0.1) is 0 Å². The van der Waals surface area contributed by atoms with Crippen LogP contribution in [0.4, 0.5) is 26.3 Å². The number of hydrogen-bond acceptors (Lipinski definition) is 5. The maximum absolute atomic E-state index is 13.7. The molecule has 6 heterocycles. The Morgan fingerprint density at radius 3 is 2.07 bits per heavy atom. The van der Waals surface area contributed by atoms with Gasteiger partial charge in [-0.25, -0.2) is 9.97 Å². The Kier molecular flexibility index (Phi) is 8.90. The Morgan fingerprint density at radius 2 is 1.44 bits per heavy atom. The van der Waals surface area contributed by atoms with Crippen molar-refractivity contribution in [3.63, 3.8) is 0 Å². The number of alkyl halides is 6. The highest BCUT2D eigenvalue weighted by atomic mass is 19.4. The average Bonchev–Trinajstić information content (AvgIpc) is 3.80. The van der Waals surface area contributed by atoms with Crippen LogP contribution in [0.5, 0.6) is 0 Å². The number of ether oxygens (including phenoxy) is 1. The molecule has 282 valence electrons. The molecule has 0 fully saturated rings. The van der Waals surface area contributed by atoms with E-state index in [1.54, 1.807) is 6.92 Å². The van der Waals surface area contributed by atoms with Crippen molar-refractivity contribution < 1.29 is 40.7 Å². The Balaban J connectivity index is 1.43. The second kappa shape index (κ2) is 13.0. The number of benzene rings is 1. The molecule has 1 unspecified atom stereocenters. The van der Waals surface area contributed by atoms with Gasteiger partial charge in [-0.1, -0.05) is 13.8 Å². The lowest BCUT2D eigenvalue weighted by atomic mass is 9.97. The number of imide groups is 1. The van der Waals surface area contributed by atoms with Crippen LogP contribution >= 0.6 is 0 Å². The summed E-state index contributed by atoms with van der Waals surface area (Å²) in [6, 6.07) is 6.96. The second-order valence-electron chi connectivity index (χ2n) is 14.2. The summed E-state index contributed by atoms with van der Waals surface area (Å²) in [6.07, 6.45) is -9.69. The third kappa shape index (κ3) is 6.19. The molecule has 54 heavy (non-hydrogen) atoms. The standard InChI is InChI=1S/C40H37F6N5O3/c1-8-25-18(3)27-15-32-33(21(6)54-16-22-10-23(39(41,42)43)12-24(11-22)40(44,45)46)19(4)28(49-32)13-26-17(2)9-31(47-26)35-36-34(37(52)51(7)38(35)53)20(5)29(50-36)14-30(25)48-27/h10-15,17,21,47,50H,8-9,16H2,1-7H3/t17-,21?/m0/s1. The third-order valence-corrected chi connectivity index (χ3v) is 10.7. The van der Waals surface area contributed by atoms with Crippen molar-refractivity contribution in [2.45, 2.75) is 85.4 Å². The molecule has 0 aliphatic carbocycles. The number of aromatic nitrogens is 4. The monoisotopic (exact) mass is 749 g/mol. The van der Waals surface area contributed by atoms with Crippen LogP contribution in [-0.2, 0) is 30.1 Å². The van der Waals surface area contributed by atoms with Crippen molar-refractivity contribution >= 4 is 45.1 Å². The average molecular weight is 750 g/mol. The molecule has 0 saturated heterocycles. The number of allylic oxidation sites excluding steroid dienone is 3. The number of H-pyrrole nitrogens is 2. The van der Waals surface area contributed by atoms with Gasteiger partial charge in [0.05, 0.1) is 63.3 Å². The van der Waals surface area contributed by atoms with Crippen LogP contribution in [0.2, 0.25) is 0 Å². The van der Waals surface area contributed by atoms with Gasteiger partial charge in [0.15, 0.2) is 0 Å². The SMILES string of the molecule is CCC1=C(C)c2cc3nc(cc4[nH]c(c5c6[nH]c(cc1n2)c(C)c6C(=O)N(C)C5=O)C[C@@H]4C)C(C)=C3C(C)OCc1cc(C(F)(F)F)cc(C(F)(F)F)c1. The number of aromatic amines is 2. The van der Waals surface area contributed by atoms with Gasteiger partial charge in [-0.05, 0) is 105 Å². The fraction of sp³-hybridized carbons (Fsp3) is 0.350. The molecule has 8 bridgehead atoms. The van der Waals surface area contributed by atoms with Crippen LogP contribution in [0.25, 0.3) is 33.3 Å². The van der Waals surface area contributed by atoms with Crippen molar-refractivity contribution in [3.05, 3.63) is 104 Å². The molecular weight excluding hydrogens is 712 g/mol. The molecule has 4 aliphatic rings. The molecule has 0 radical (unpaired) electrons. The van der Waals surface area contributed by atoms with Crippen molar-refractivity contribution in [1.29, 1.82) is 0 Å². The third-order valence-electron chi connectivity index (χ3n) is 10.7. The minimum absolute atomic E-state index is 0.0814. The Labute approximate surface area is 306 Å². The molecule has 2 N–H and O–H groups in total. The minimum Gasteiger partial charge on any atom is -0.369 e. The summed E-state index contributed by atoms with van der Waals surface area (Å²) in [6.45, 7) is 10.7. The van der Waals surface area contributed by atoms with Crippen LogP contribution < -0.4 is 0 Å². The first kappa shape index (κ1) is 37.1. The smallest absolute Gasteiger partial charge is 0.369 e. The molecule has 2 amide bonds. The Bertz CT molecular complexity index is 2380. The molecule has 8 nitrogen and oxygen atoms in total. The molecule has 1 aromatic carbocycles. The highest BCUT2D eigenvalue weighted by molar-refractivity contribution is 6.23. The van der Waals surface area contributed by atoms with Crippen molar-refractivity contribution in [2.75, 3.05) is 7.05 Å². The molecule has 0 saturated carbocycles. The van der Waals surface area contributed by atoms with E-state index in [-0.39, 0.29) is 17.5 Å². The Hall–Kier alpha value is -5.24. The molecule has 4 aliphatic heterocycles. The number of carbonyl (C=O) groups is 2. The van der Waals surface area contributed by atoms with E-state index >= 15 is 0 Å². The number of amides is 2. The van der Waals surface area contributed by atoms with Gasteiger partial charge in [-0.3, -0.25) is 14.5 Å². The van der Waals surface area contributed by atoms with Gasteiger partial charge < -0.3 is 14.7 Å². The molecule has 14 heteroatoms. The zero-order valence-electron chi connectivity index (χ0n) is 30.6. The van der Waals surface area contributed by atoms with E-state index in [0.717, 1.165) is 21.7 Å². The first-order valence-electron chi connectivity index (χ1n) is 17.5. The van der Waals surface area contributed by atoms with E-state index in [1.165, 1.54) is 7.05 Å². The number of rotatable bonds is 5. The number of aryl methyl sites for hydroxylation is 1. The number of carbonyl (C=O) groups excluding carboxylic acids is 2. The Morgan fingerprint density at radius 1 is 0.833 bits per heavy atom. The fourth-order valence-electron chi connectivity index (χ4n) is 7.66. The van der Waals surface area contributed by atoms with Gasteiger partial charge in [0.1, 0.15) is 0 Å². The molecule has 7 rings (SSSR count). The maximum Gasteiger partial charge on any atom is 0.416 e. The number of nitrogens with zero attached hydrogens (tertiary/aromatic N) is 3.